The zero-order chi connectivity index (χ0) is 11.1. The molecule has 2 N–H and O–H groups in total. The first-order valence-corrected chi connectivity index (χ1v) is 5.56. The lowest BCUT2D eigenvalue weighted by Crippen LogP contribution is -2.19. The Morgan fingerprint density at radius 3 is 3.06 bits per heavy atom. The summed E-state index contributed by atoms with van der Waals surface area (Å²) in [6.45, 7) is 1.13. The number of hydrogen-bond acceptors (Lipinski definition) is 4. The third-order valence-corrected chi connectivity index (χ3v) is 3.28. The van der Waals surface area contributed by atoms with Crippen LogP contribution in [-0.2, 0) is 0 Å². The molecule has 1 saturated heterocycles. The van der Waals surface area contributed by atoms with Crippen molar-refractivity contribution in [3.8, 4) is 0 Å². The fraction of sp³-hybridized carbons (Fsp3) is 0.455. The molecule has 84 valence electrons. The molecule has 5 heteroatoms. The maximum atomic E-state index is 5.72. The molecule has 0 aromatic carbocycles. The second-order valence-corrected chi connectivity index (χ2v) is 4.39. The molecule has 0 aliphatic carbocycles. The van der Waals surface area contributed by atoms with E-state index in [1.54, 1.807) is 0 Å². The molecular weight excluding hydrogens is 202 g/mol. The Kier molecular flexibility index (Phi) is 2.07. The van der Waals surface area contributed by atoms with Gasteiger partial charge in [0.1, 0.15) is 0 Å². The van der Waals surface area contributed by atoms with Gasteiger partial charge in [-0.3, -0.25) is 9.30 Å². The lowest BCUT2D eigenvalue weighted by molar-refractivity contribution is 0.304. The average Bonchev–Trinajstić information content (AvgIpc) is 2.83. The van der Waals surface area contributed by atoms with Crippen molar-refractivity contribution in [2.45, 2.75) is 18.9 Å². The van der Waals surface area contributed by atoms with Crippen LogP contribution in [0.2, 0.25) is 0 Å². The van der Waals surface area contributed by atoms with Crippen molar-refractivity contribution in [1.82, 2.24) is 19.5 Å². The van der Waals surface area contributed by atoms with Gasteiger partial charge in [0.25, 0.3) is 0 Å². The number of rotatable bonds is 1. The molecule has 1 aliphatic heterocycles. The highest BCUT2D eigenvalue weighted by atomic mass is 15.3. The number of fused-ring (bicyclic) bond motifs is 1. The van der Waals surface area contributed by atoms with Crippen molar-refractivity contribution in [2.24, 2.45) is 0 Å². The van der Waals surface area contributed by atoms with Gasteiger partial charge in [-0.2, -0.15) is 0 Å². The lowest BCUT2D eigenvalue weighted by atomic mass is 10.2. The minimum Gasteiger partial charge on any atom is -0.399 e. The number of hydrogen-bond donors (Lipinski definition) is 1. The smallest absolute Gasteiger partial charge is 0.162 e. The largest absolute Gasteiger partial charge is 0.399 e. The summed E-state index contributed by atoms with van der Waals surface area (Å²) in [6, 6.07) is 4.12. The van der Waals surface area contributed by atoms with Gasteiger partial charge >= 0.3 is 0 Å². The zero-order valence-corrected chi connectivity index (χ0v) is 9.30. The second-order valence-electron chi connectivity index (χ2n) is 4.39. The van der Waals surface area contributed by atoms with Gasteiger partial charge in [0, 0.05) is 18.0 Å². The van der Waals surface area contributed by atoms with Crippen LogP contribution in [0.5, 0.6) is 0 Å². The Bertz CT molecular complexity index is 518. The molecule has 5 nitrogen and oxygen atoms in total. The van der Waals surface area contributed by atoms with Gasteiger partial charge < -0.3 is 5.73 Å². The molecule has 1 fully saturated rings. The fourth-order valence-corrected chi connectivity index (χ4v) is 2.39. The predicted octanol–water partition coefficient (Wildman–Crippen LogP) is 1.08. The highest BCUT2D eigenvalue weighted by Gasteiger charge is 2.26. The van der Waals surface area contributed by atoms with Crippen molar-refractivity contribution < 1.29 is 0 Å². The number of nitrogens with zero attached hydrogens (tertiary/aromatic N) is 4. The van der Waals surface area contributed by atoms with Gasteiger partial charge in [-0.05, 0) is 32.5 Å². The number of aromatic nitrogens is 3. The lowest BCUT2D eigenvalue weighted by Gasteiger charge is -2.17. The van der Waals surface area contributed by atoms with E-state index in [1.165, 1.54) is 6.42 Å². The van der Waals surface area contributed by atoms with Crippen LogP contribution < -0.4 is 5.73 Å². The molecule has 0 saturated carbocycles. The molecule has 0 radical (unpaired) electrons. The summed E-state index contributed by atoms with van der Waals surface area (Å²) in [5.41, 5.74) is 7.28. The standard InChI is InChI=1S/C11H15N5/c1-15-5-2-3-9(15)11-14-13-10-7-8(12)4-6-16(10)11/h4,6-7,9H,2-3,5,12H2,1H3. The van der Waals surface area contributed by atoms with Crippen LogP contribution in [0.3, 0.4) is 0 Å². The normalized spacial score (nSPS) is 21.9. The molecule has 1 unspecified atom stereocenters. The van der Waals surface area contributed by atoms with Gasteiger partial charge in [-0.1, -0.05) is 0 Å². The predicted molar refractivity (Wildman–Crippen MR) is 62.0 cm³/mol. The summed E-state index contributed by atoms with van der Waals surface area (Å²) in [5, 5.41) is 8.45. The Morgan fingerprint density at radius 1 is 1.44 bits per heavy atom. The third kappa shape index (κ3) is 1.36. The fourth-order valence-electron chi connectivity index (χ4n) is 2.39. The van der Waals surface area contributed by atoms with Crippen LogP contribution in [-0.4, -0.2) is 33.1 Å². The minimum atomic E-state index is 0.388. The summed E-state index contributed by atoms with van der Waals surface area (Å²) in [4.78, 5) is 2.33. The van der Waals surface area contributed by atoms with Gasteiger partial charge in [-0.25, -0.2) is 0 Å². The van der Waals surface area contributed by atoms with Crippen molar-refractivity contribution in [3.05, 3.63) is 24.2 Å². The van der Waals surface area contributed by atoms with E-state index in [0.29, 0.717) is 6.04 Å². The molecule has 2 aromatic rings. The number of nitrogens with two attached hydrogens (primary N) is 1. The van der Waals surface area contributed by atoms with Crippen molar-refractivity contribution in [2.75, 3.05) is 19.3 Å². The van der Waals surface area contributed by atoms with Crippen molar-refractivity contribution in [3.63, 3.8) is 0 Å². The van der Waals surface area contributed by atoms with E-state index in [0.717, 1.165) is 30.1 Å². The van der Waals surface area contributed by atoms with Crippen LogP contribution in [0.15, 0.2) is 18.3 Å². The Balaban J connectivity index is 2.10. The monoisotopic (exact) mass is 217 g/mol. The Morgan fingerprint density at radius 2 is 2.31 bits per heavy atom. The van der Waals surface area contributed by atoms with E-state index in [2.05, 4.69) is 22.1 Å². The first-order valence-electron chi connectivity index (χ1n) is 5.56. The minimum absolute atomic E-state index is 0.388. The van der Waals surface area contributed by atoms with E-state index >= 15 is 0 Å². The summed E-state index contributed by atoms with van der Waals surface area (Å²) in [6.07, 6.45) is 4.33. The summed E-state index contributed by atoms with van der Waals surface area (Å²) in [5.74, 6) is 1.02. The van der Waals surface area contributed by atoms with E-state index in [1.807, 2.05) is 22.7 Å². The van der Waals surface area contributed by atoms with Crippen molar-refractivity contribution >= 4 is 11.3 Å². The number of pyridine rings is 1. The molecule has 3 rings (SSSR count). The summed E-state index contributed by atoms with van der Waals surface area (Å²) in [7, 11) is 2.13. The molecule has 0 bridgehead atoms. The Labute approximate surface area is 93.9 Å². The summed E-state index contributed by atoms with van der Waals surface area (Å²) >= 11 is 0. The second kappa shape index (κ2) is 3.45. The third-order valence-electron chi connectivity index (χ3n) is 3.28. The number of anilines is 1. The molecule has 0 spiro atoms. The maximum Gasteiger partial charge on any atom is 0.162 e. The first-order chi connectivity index (χ1) is 7.75. The van der Waals surface area contributed by atoms with Crippen LogP contribution in [0, 0.1) is 0 Å². The Hall–Kier alpha value is -1.62. The van der Waals surface area contributed by atoms with Crippen LogP contribution in [0.1, 0.15) is 24.7 Å². The van der Waals surface area contributed by atoms with Gasteiger partial charge in [0.2, 0.25) is 0 Å². The van der Waals surface area contributed by atoms with E-state index in [4.69, 9.17) is 5.73 Å². The molecule has 3 heterocycles. The molecule has 2 aromatic heterocycles. The quantitative estimate of drug-likeness (QED) is 0.776. The van der Waals surface area contributed by atoms with Gasteiger partial charge in [-0.15, -0.1) is 10.2 Å². The molecule has 16 heavy (non-hydrogen) atoms. The van der Waals surface area contributed by atoms with E-state index in [9.17, 15) is 0 Å². The average molecular weight is 217 g/mol. The first kappa shape index (κ1) is 9.59. The topological polar surface area (TPSA) is 59.5 Å². The van der Waals surface area contributed by atoms with Gasteiger partial charge in [0.05, 0.1) is 6.04 Å². The van der Waals surface area contributed by atoms with Crippen LogP contribution >= 0.6 is 0 Å². The van der Waals surface area contributed by atoms with Crippen LogP contribution in [0.4, 0.5) is 5.69 Å². The van der Waals surface area contributed by atoms with E-state index in [-0.39, 0.29) is 0 Å². The highest BCUT2D eigenvalue weighted by molar-refractivity contribution is 5.51. The zero-order valence-electron chi connectivity index (χ0n) is 9.30. The molecule has 1 atom stereocenters. The summed E-state index contributed by atoms with van der Waals surface area (Å²) < 4.78 is 2.03. The highest BCUT2D eigenvalue weighted by Crippen LogP contribution is 2.29. The van der Waals surface area contributed by atoms with Crippen molar-refractivity contribution in [1.29, 1.82) is 0 Å². The molecule has 1 aliphatic rings. The molecule has 0 amide bonds. The van der Waals surface area contributed by atoms with E-state index < -0.39 is 0 Å². The SMILES string of the molecule is CN1CCCC1c1nnc2cc(N)ccn12. The molecular formula is C11H15N5. The number of nitrogen functional groups attached to an aromatic ring is 1. The van der Waals surface area contributed by atoms with Crippen LogP contribution in [0.25, 0.3) is 5.65 Å². The van der Waals surface area contributed by atoms with Gasteiger partial charge in [0.15, 0.2) is 11.5 Å². The maximum absolute atomic E-state index is 5.72. The number of likely N-dealkylation sites (tertiary alicyclic amines) is 1.